The molecule has 0 saturated heterocycles. The van der Waals surface area contributed by atoms with Crippen LogP contribution in [0.25, 0.3) is 6.08 Å². The average Bonchev–Trinajstić information content (AvgIpc) is 2.59. The number of carbonyl (C=O) groups is 1. The maximum atomic E-state index is 11.1. The Morgan fingerprint density at radius 3 is 2.52 bits per heavy atom. The number of unbranched alkanes of at least 4 members (excludes halogenated alkanes) is 4. The molecule has 0 aromatic heterocycles. The topological polar surface area (TPSA) is 44.8 Å². The minimum absolute atomic E-state index is 0.383. The highest BCUT2D eigenvalue weighted by Gasteiger charge is 2.05. The highest BCUT2D eigenvalue weighted by molar-refractivity contribution is 14.1. The summed E-state index contributed by atoms with van der Waals surface area (Å²) >= 11 is 2.42. The molecule has 0 saturated carbocycles. The van der Waals surface area contributed by atoms with Gasteiger partial charge in [0.1, 0.15) is 0 Å². The summed E-state index contributed by atoms with van der Waals surface area (Å²) in [7, 11) is 2.96. The summed E-state index contributed by atoms with van der Waals surface area (Å²) in [4.78, 5) is 11.1. The lowest BCUT2D eigenvalue weighted by atomic mass is 10.1. The van der Waals surface area contributed by atoms with E-state index in [1.807, 2.05) is 18.2 Å². The number of esters is 1. The van der Waals surface area contributed by atoms with Crippen molar-refractivity contribution in [3.63, 3.8) is 0 Å². The van der Waals surface area contributed by atoms with Gasteiger partial charge in [0.15, 0.2) is 11.5 Å². The zero-order valence-corrected chi connectivity index (χ0v) is 16.0. The molecule has 128 valence electrons. The molecule has 0 N–H and O–H groups in total. The quantitative estimate of drug-likeness (QED) is 0.168. The van der Waals surface area contributed by atoms with Crippen molar-refractivity contribution >= 4 is 34.6 Å². The predicted molar refractivity (Wildman–Crippen MR) is 102 cm³/mol. The number of alkyl halides is 1. The minimum atomic E-state index is -0.383. The maximum Gasteiger partial charge on any atom is 0.330 e. The predicted octanol–water partition coefficient (Wildman–Crippen LogP) is 4.65. The zero-order valence-electron chi connectivity index (χ0n) is 13.8. The van der Waals surface area contributed by atoms with Crippen LogP contribution in [0, 0.1) is 0 Å². The van der Waals surface area contributed by atoms with Gasteiger partial charge < -0.3 is 14.2 Å². The molecule has 1 rings (SSSR count). The van der Waals surface area contributed by atoms with Gasteiger partial charge in [-0.05, 0) is 41.0 Å². The Morgan fingerprint density at radius 1 is 1.09 bits per heavy atom. The number of benzene rings is 1. The molecule has 0 aliphatic rings. The molecular formula is C18H25IO4. The number of methoxy groups -OCH3 is 2. The van der Waals surface area contributed by atoms with Crippen LogP contribution in [0.4, 0.5) is 0 Å². The van der Waals surface area contributed by atoms with E-state index in [2.05, 4.69) is 27.3 Å². The van der Waals surface area contributed by atoms with Gasteiger partial charge in [0.25, 0.3) is 0 Å². The SMILES string of the molecule is COC(=O)/C=C/c1ccc(OCCCCCCCI)c(OC)c1. The summed E-state index contributed by atoms with van der Waals surface area (Å²) in [5.41, 5.74) is 0.860. The van der Waals surface area contributed by atoms with Gasteiger partial charge in [-0.2, -0.15) is 0 Å². The van der Waals surface area contributed by atoms with Crippen LogP contribution >= 0.6 is 22.6 Å². The molecule has 0 amide bonds. The molecule has 0 spiro atoms. The van der Waals surface area contributed by atoms with E-state index in [1.165, 1.54) is 43.3 Å². The molecule has 1 aromatic carbocycles. The number of rotatable bonds is 11. The summed E-state index contributed by atoms with van der Waals surface area (Å²) in [6.45, 7) is 0.692. The van der Waals surface area contributed by atoms with Crippen LogP contribution in [-0.2, 0) is 9.53 Å². The van der Waals surface area contributed by atoms with Gasteiger partial charge in [-0.25, -0.2) is 4.79 Å². The highest BCUT2D eigenvalue weighted by atomic mass is 127. The molecule has 1 aromatic rings. The van der Waals surface area contributed by atoms with Crippen LogP contribution in [0.1, 0.15) is 37.7 Å². The van der Waals surface area contributed by atoms with E-state index in [0.717, 1.165) is 17.7 Å². The first kappa shape index (κ1) is 19.8. The molecule has 0 heterocycles. The highest BCUT2D eigenvalue weighted by Crippen LogP contribution is 2.28. The second-order valence-corrected chi connectivity index (χ2v) is 6.15. The van der Waals surface area contributed by atoms with Crippen molar-refractivity contribution in [3.8, 4) is 11.5 Å². The lowest BCUT2D eigenvalue weighted by Gasteiger charge is -2.11. The van der Waals surface area contributed by atoms with E-state index in [1.54, 1.807) is 13.2 Å². The Kier molecular flexibility index (Phi) is 10.5. The van der Waals surface area contributed by atoms with Crippen molar-refractivity contribution < 1.29 is 19.0 Å². The van der Waals surface area contributed by atoms with Crippen molar-refractivity contribution in [1.29, 1.82) is 0 Å². The van der Waals surface area contributed by atoms with Crippen molar-refractivity contribution in [1.82, 2.24) is 0 Å². The fourth-order valence-corrected chi connectivity index (χ4v) is 2.59. The third kappa shape index (κ3) is 8.25. The summed E-state index contributed by atoms with van der Waals surface area (Å²) in [6.07, 6.45) is 9.17. The minimum Gasteiger partial charge on any atom is -0.493 e. The Bertz CT molecular complexity index is 500. The van der Waals surface area contributed by atoms with Crippen molar-refractivity contribution in [3.05, 3.63) is 29.8 Å². The summed E-state index contributed by atoms with van der Waals surface area (Å²) in [5.74, 6) is 1.02. The van der Waals surface area contributed by atoms with Crippen molar-refractivity contribution in [2.75, 3.05) is 25.3 Å². The molecule has 0 unspecified atom stereocenters. The smallest absolute Gasteiger partial charge is 0.330 e. The lowest BCUT2D eigenvalue weighted by molar-refractivity contribution is -0.134. The normalized spacial score (nSPS) is 10.7. The molecule has 0 aliphatic carbocycles. The van der Waals surface area contributed by atoms with E-state index >= 15 is 0 Å². The molecule has 0 fully saturated rings. The maximum absolute atomic E-state index is 11.1. The van der Waals surface area contributed by atoms with Crippen LogP contribution in [0.2, 0.25) is 0 Å². The van der Waals surface area contributed by atoms with Gasteiger partial charge in [0, 0.05) is 6.08 Å². The van der Waals surface area contributed by atoms with E-state index in [4.69, 9.17) is 9.47 Å². The van der Waals surface area contributed by atoms with Crippen LogP contribution < -0.4 is 9.47 Å². The molecule has 0 bridgehead atoms. The van der Waals surface area contributed by atoms with E-state index in [-0.39, 0.29) is 5.97 Å². The second-order valence-electron chi connectivity index (χ2n) is 5.07. The molecule has 4 nitrogen and oxygen atoms in total. The van der Waals surface area contributed by atoms with Gasteiger partial charge >= 0.3 is 5.97 Å². The Morgan fingerprint density at radius 2 is 1.83 bits per heavy atom. The molecule has 0 atom stereocenters. The lowest BCUT2D eigenvalue weighted by Crippen LogP contribution is -1.99. The number of halogens is 1. The van der Waals surface area contributed by atoms with Gasteiger partial charge in [-0.15, -0.1) is 0 Å². The molecule has 23 heavy (non-hydrogen) atoms. The summed E-state index contributed by atoms with van der Waals surface area (Å²) in [6, 6.07) is 5.60. The number of ether oxygens (including phenoxy) is 3. The molecule has 0 radical (unpaired) electrons. The van der Waals surface area contributed by atoms with E-state index < -0.39 is 0 Å². The summed E-state index contributed by atoms with van der Waals surface area (Å²) in [5, 5.41) is 0. The largest absolute Gasteiger partial charge is 0.493 e. The van der Waals surface area contributed by atoms with Crippen LogP contribution in [0.15, 0.2) is 24.3 Å². The van der Waals surface area contributed by atoms with Crippen LogP contribution in [0.3, 0.4) is 0 Å². The Labute approximate surface area is 152 Å². The van der Waals surface area contributed by atoms with Crippen LogP contribution in [0.5, 0.6) is 11.5 Å². The first-order chi connectivity index (χ1) is 11.2. The fraction of sp³-hybridized carbons (Fsp3) is 0.500. The first-order valence-electron chi connectivity index (χ1n) is 7.84. The third-order valence-electron chi connectivity index (χ3n) is 3.34. The van der Waals surface area contributed by atoms with Gasteiger partial charge in [-0.3, -0.25) is 0 Å². The van der Waals surface area contributed by atoms with Gasteiger partial charge in [0.2, 0.25) is 0 Å². The average molecular weight is 432 g/mol. The zero-order chi connectivity index (χ0) is 16.9. The first-order valence-corrected chi connectivity index (χ1v) is 9.36. The van der Waals surface area contributed by atoms with Crippen molar-refractivity contribution in [2.45, 2.75) is 32.1 Å². The third-order valence-corrected chi connectivity index (χ3v) is 4.10. The number of carbonyl (C=O) groups excluding carboxylic acids is 1. The van der Waals surface area contributed by atoms with Gasteiger partial charge in [-0.1, -0.05) is 47.9 Å². The monoisotopic (exact) mass is 432 g/mol. The number of hydrogen-bond acceptors (Lipinski definition) is 4. The Balaban J connectivity index is 2.46. The summed E-state index contributed by atoms with van der Waals surface area (Å²) < 4.78 is 17.0. The second kappa shape index (κ2) is 12.2. The van der Waals surface area contributed by atoms with Crippen molar-refractivity contribution in [2.24, 2.45) is 0 Å². The number of hydrogen-bond donors (Lipinski definition) is 0. The standard InChI is InChI=1S/C18H25IO4/c1-21-17-14-15(9-11-18(20)22-2)8-10-16(17)23-13-7-5-3-4-6-12-19/h8-11,14H,3-7,12-13H2,1-2H3/b11-9+. The van der Waals surface area contributed by atoms with Crippen LogP contribution in [-0.4, -0.2) is 31.2 Å². The molecular weight excluding hydrogens is 407 g/mol. The van der Waals surface area contributed by atoms with E-state index in [0.29, 0.717) is 12.4 Å². The Hall–Kier alpha value is -1.24. The van der Waals surface area contributed by atoms with Gasteiger partial charge in [0.05, 0.1) is 20.8 Å². The molecule has 5 heteroatoms. The van der Waals surface area contributed by atoms with E-state index in [9.17, 15) is 4.79 Å². The fourth-order valence-electron chi connectivity index (χ4n) is 2.05. The molecule has 0 aliphatic heterocycles.